The minimum absolute atomic E-state index is 0.0350. The molecule has 4 aromatic carbocycles. The van der Waals surface area contributed by atoms with Crippen LogP contribution in [0.2, 0.25) is 5.02 Å². The van der Waals surface area contributed by atoms with Gasteiger partial charge in [-0.3, -0.25) is 9.97 Å². The number of hydrogen-bond acceptors (Lipinski definition) is 3. The third-order valence-electron chi connectivity index (χ3n) is 7.01. The number of thiophene rings is 1. The lowest BCUT2D eigenvalue weighted by Gasteiger charge is -2.11. The molecular formula is C33H18ClF3N2S. The van der Waals surface area contributed by atoms with Crippen LogP contribution in [0.5, 0.6) is 0 Å². The van der Waals surface area contributed by atoms with E-state index >= 15 is 0 Å². The zero-order valence-corrected chi connectivity index (χ0v) is 22.3. The Labute approximate surface area is 236 Å². The molecule has 40 heavy (non-hydrogen) atoms. The molecule has 2 nitrogen and oxygen atoms in total. The fraction of sp³-hybridized carbons (Fsp3) is 0.0303. The average molecular weight is 567 g/mol. The second-order valence-corrected chi connectivity index (χ2v) is 11.1. The SMILES string of the molecule is FC(F)(F)c1cc(Cl)cc(-c2ccc3cc(-c4ccc(-c5ccc6sc7ccccc7c6c5)nc4)cnc3c2)c1. The predicted octanol–water partition coefficient (Wildman–Crippen LogP) is 10.7. The van der Waals surface area contributed by atoms with Crippen molar-refractivity contribution in [3.8, 4) is 33.5 Å². The van der Waals surface area contributed by atoms with Crippen molar-refractivity contribution in [2.75, 3.05) is 0 Å². The molecule has 0 amide bonds. The molecule has 7 aromatic rings. The Morgan fingerprint density at radius 1 is 0.600 bits per heavy atom. The van der Waals surface area contributed by atoms with E-state index in [4.69, 9.17) is 16.6 Å². The van der Waals surface area contributed by atoms with Gasteiger partial charge in [-0.15, -0.1) is 11.3 Å². The molecule has 0 aliphatic rings. The molecule has 7 rings (SSSR count). The van der Waals surface area contributed by atoms with Gasteiger partial charge in [0.2, 0.25) is 0 Å². The molecule has 0 N–H and O–H groups in total. The summed E-state index contributed by atoms with van der Waals surface area (Å²) < 4.78 is 42.3. The molecule has 0 saturated carbocycles. The number of pyridine rings is 2. The summed E-state index contributed by atoms with van der Waals surface area (Å²) in [5, 5.41) is 3.39. The van der Waals surface area contributed by atoms with E-state index in [0.717, 1.165) is 39.9 Å². The highest BCUT2D eigenvalue weighted by molar-refractivity contribution is 7.25. The van der Waals surface area contributed by atoms with Gasteiger partial charge in [-0.1, -0.05) is 54.1 Å². The molecule has 194 valence electrons. The highest BCUT2D eigenvalue weighted by Crippen LogP contribution is 2.37. The summed E-state index contributed by atoms with van der Waals surface area (Å²) in [6, 6.07) is 29.9. The van der Waals surface area contributed by atoms with Crippen LogP contribution < -0.4 is 0 Å². The van der Waals surface area contributed by atoms with Crippen LogP contribution in [0.25, 0.3) is 64.6 Å². The Kier molecular flexibility index (Phi) is 5.84. The van der Waals surface area contributed by atoms with Gasteiger partial charge in [-0.05, 0) is 65.7 Å². The smallest absolute Gasteiger partial charge is 0.256 e. The van der Waals surface area contributed by atoms with E-state index in [1.54, 1.807) is 29.7 Å². The summed E-state index contributed by atoms with van der Waals surface area (Å²) in [6.45, 7) is 0. The molecule has 0 unspecified atom stereocenters. The van der Waals surface area contributed by atoms with Crippen LogP contribution in [-0.2, 0) is 6.18 Å². The number of alkyl halides is 3. The van der Waals surface area contributed by atoms with Gasteiger partial charge in [-0.2, -0.15) is 13.2 Å². The highest BCUT2D eigenvalue weighted by Gasteiger charge is 2.31. The zero-order chi connectivity index (χ0) is 27.4. The monoisotopic (exact) mass is 566 g/mol. The van der Waals surface area contributed by atoms with Gasteiger partial charge in [0, 0.05) is 59.7 Å². The third kappa shape index (κ3) is 4.49. The maximum absolute atomic E-state index is 13.3. The first-order valence-corrected chi connectivity index (χ1v) is 13.7. The molecule has 0 fully saturated rings. The van der Waals surface area contributed by atoms with E-state index in [1.165, 1.54) is 26.2 Å². The normalized spacial score (nSPS) is 12.0. The Bertz CT molecular complexity index is 2060. The van der Waals surface area contributed by atoms with Crippen molar-refractivity contribution in [2.24, 2.45) is 0 Å². The summed E-state index contributed by atoms with van der Waals surface area (Å²) in [4.78, 5) is 9.33. The number of benzene rings is 4. The Balaban J connectivity index is 1.19. The maximum Gasteiger partial charge on any atom is 0.416 e. The molecule has 0 aliphatic carbocycles. The minimum Gasteiger partial charge on any atom is -0.256 e. The molecule has 0 spiro atoms. The van der Waals surface area contributed by atoms with Crippen molar-refractivity contribution >= 4 is 54.0 Å². The molecule has 3 aromatic heterocycles. The fourth-order valence-electron chi connectivity index (χ4n) is 5.00. The second-order valence-electron chi connectivity index (χ2n) is 9.60. The molecule has 0 aliphatic heterocycles. The van der Waals surface area contributed by atoms with E-state index in [-0.39, 0.29) is 5.02 Å². The number of nitrogens with zero attached hydrogens (tertiary/aromatic N) is 2. The van der Waals surface area contributed by atoms with Crippen molar-refractivity contribution < 1.29 is 13.2 Å². The lowest BCUT2D eigenvalue weighted by atomic mass is 10.00. The van der Waals surface area contributed by atoms with Crippen LogP contribution in [0.3, 0.4) is 0 Å². The van der Waals surface area contributed by atoms with Crippen molar-refractivity contribution in [3.63, 3.8) is 0 Å². The lowest BCUT2D eigenvalue weighted by Crippen LogP contribution is -2.04. The second kappa shape index (κ2) is 9.44. The molecule has 0 bridgehead atoms. The van der Waals surface area contributed by atoms with Crippen molar-refractivity contribution in [3.05, 3.63) is 120 Å². The lowest BCUT2D eigenvalue weighted by molar-refractivity contribution is -0.137. The van der Waals surface area contributed by atoms with Gasteiger partial charge in [0.05, 0.1) is 16.8 Å². The zero-order valence-electron chi connectivity index (χ0n) is 20.7. The molecule has 0 saturated heterocycles. The van der Waals surface area contributed by atoms with Gasteiger partial charge in [0.1, 0.15) is 0 Å². The van der Waals surface area contributed by atoms with Crippen LogP contribution in [0, 0.1) is 0 Å². The molecule has 3 heterocycles. The quantitative estimate of drug-likeness (QED) is 0.212. The Hall–Kier alpha value is -4.26. The van der Waals surface area contributed by atoms with Crippen molar-refractivity contribution in [1.29, 1.82) is 0 Å². The first-order valence-electron chi connectivity index (χ1n) is 12.5. The van der Waals surface area contributed by atoms with Crippen LogP contribution in [0.15, 0.2) is 109 Å². The highest BCUT2D eigenvalue weighted by atomic mass is 35.5. The van der Waals surface area contributed by atoms with Gasteiger partial charge in [-0.25, -0.2) is 0 Å². The molecule has 7 heteroatoms. The van der Waals surface area contributed by atoms with E-state index in [9.17, 15) is 13.2 Å². The third-order valence-corrected chi connectivity index (χ3v) is 8.38. The predicted molar refractivity (Wildman–Crippen MR) is 159 cm³/mol. The largest absolute Gasteiger partial charge is 0.416 e. The number of hydrogen-bond donors (Lipinski definition) is 0. The number of rotatable bonds is 3. The van der Waals surface area contributed by atoms with Crippen LogP contribution in [0.1, 0.15) is 5.56 Å². The number of aromatic nitrogens is 2. The summed E-state index contributed by atoms with van der Waals surface area (Å²) >= 11 is 7.77. The topological polar surface area (TPSA) is 25.8 Å². The standard InChI is InChI=1S/C33H18ClF3N2S/c34-26-13-23(12-25(16-26)33(35,36)37)19-5-6-20-11-24(18-39-30(20)15-19)22-7-9-29(38-17-22)21-8-10-32-28(14-21)27-3-1-2-4-31(27)40-32/h1-18H. The first kappa shape index (κ1) is 24.8. The summed E-state index contributed by atoms with van der Waals surface area (Å²) in [7, 11) is 0. The van der Waals surface area contributed by atoms with Gasteiger partial charge in [0.15, 0.2) is 0 Å². The Morgan fingerprint density at radius 2 is 1.38 bits per heavy atom. The van der Waals surface area contributed by atoms with Gasteiger partial charge >= 0.3 is 6.18 Å². The van der Waals surface area contributed by atoms with Crippen molar-refractivity contribution in [1.82, 2.24) is 9.97 Å². The van der Waals surface area contributed by atoms with Gasteiger partial charge < -0.3 is 0 Å². The van der Waals surface area contributed by atoms with Crippen LogP contribution in [0.4, 0.5) is 13.2 Å². The van der Waals surface area contributed by atoms with E-state index < -0.39 is 11.7 Å². The Morgan fingerprint density at radius 3 is 2.20 bits per heavy atom. The van der Waals surface area contributed by atoms with E-state index in [0.29, 0.717) is 16.6 Å². The van der Waals surface area contributed by atoms with Gasteiger partial charge in [0.25, 0.3) is 0 Å². The summed E-state index contributed by atoms with van der Waals surface area (Å²) in [5.41, 5.74) is 4.67. The molecular weight excluding hydrogens is 549 g/mol. The maximum atomic E-state index is 13.3. The van der Waals surface area contributed by atoms with Crippen LogP contribution in [-0.4, -0.2) is 9.97 Å². The van der Waals surface area contributed by atoms with E-state index in [2.05, 4.69) is 47.4 Å². The van der Waals surface area contributed by atoms with Crippen molar-refractivity contribution in [2.45, 2.75) is 6.18 Å². The fourth-order valence-corrected chi connectivity index (χ4v) is 6.32. The summed E-state index contributed by atoms with van der Waals surface area (Å²) in [6.07, 6.45) is -0.878. The van der Waals surface area contributed by atoms with E-state index in [1.807, 2.05) is 30.5 Å². The summed E-state index contributed by atoms with van der Waals surface area (Å²) in [5.74, 6) is 0. The average Bonchev–Trinajstić information content (AvgIpc) is 3.34. The minimum atomic E-state index is -4.47. The van der Waals surface area contributed by atoms with Crippen LogP contribution >= 0.6 is 22.9 Å². The first-order chi connectivity index (χ1) is 19.3. The molecule has 0 radical (unpaired) electrons. The number of fused-ring (bicyclic) bond motifs is 4. The number of halogens is 4. The molecule has 0 atom stereocenters.